The minimum absolute atomic E-state index is 0.0569. The number of nitrogens with one attached hydrogen (secondary N) is 1. The molecule has 0 radical (unpaired) electrons. The zero-order valence-corrected chi connectivity index (χ0v) is 16.4. The van der Waals surface area contributed by atoms with E-state index in [9.17, 15) is 4.79 Å². The van der Waals surface area contributed by atoms with Gasteiger partial charge in [-0.05, 0) is 32.4 Å². The van der Waals surface area contributed by atoms with Crippen LogP contribution in [0, 0.1) is 0 Å². The van der Waals surface area contributed by atoms with Crippen LogP contribution in [0.5, 0.6) is 17.2 Å². The molecule has 0 unspecified atom stereocenters. The average Bonchev–Trinajstić information content (AvgIpc) is 2.61. The molecular weight excluding hydrogens is 330 g/mol. The maximum atomic E-state index is 12.5. The summed E-state index contributed by atoms with van der Waals surface area (Å²) in [5.41, 5.74) is 0.407. The third-order valence-electron chi connectivity index (χ3n) is 4.23. The number of hydrogen-bond acceptors (Lipinski definition) is 4. The number of pyridine rings is 1. The van der Waals surface area contributed by atoms with Crippen molar-refractivity contribution in [1.82, 2.24) is 4.98 Å². The normalized spacial score (nSPS) is 11.1. The molecule has 0 aliphatic rings. The number of hydrogen-bond donors (Lipinski definition) is 1. The van der Waals surface area contributed by atoms with Crippen LogP contribution in [0.2, 0.25) is 0 Å². The lowest BCUT2D eigenvalue weighted by Crippen LogP contribution is -2.16. The molecule has 1 heterocycles. The smallest absolute Gasteiger partial charge is 0.294 e. The van der Waals surface area contributed by atoms with Crippen molar-refractivity contribution in [1.29, 1.82) is 0 Å². The van der Waals surface area contributed by atoms with Crippen molar-refractivity contribution in [3.05, 3.63) is 28.6 Å². The number of aromatic amines is 1. The third-order valence-corrected chi connectivity index (χ3v) is 4.23. The lowest BCUT2D eigenvalue weighted by molar-refractivity contribution is 0.220. The maximum Gasteiger partial charge on any atom is 0.294 e. The first-order chi connectivity index (χ1) is 12.6. The molecule has 1 N–H and O–H groups in total. The van der Waals surface area contributed by atoms with Gasteiger partial charge in [0.2, 0.25) is 5.75 Å². The van der Waals surface area contributed by atoms with E-state index in [-0.39, 0.29) is 17.4 Å². The van der Waals surface area contributed by atoms with Gasteiger partial charge in [0, 0.05) is 11.5 Å². The Kier molecular flexibility index (Phi) is 7.82. The van der Waals surface area contributed by atoms with E-state index in [1.165, 1.54) is 25.7 Å². The monoisotopic (exact) mass is 361 g/mol. The highest BCUT2D eigenvalue weighted by Crippen LogP contribution is 2.34. The van der Waals surface area contributed by atoms with Crippen molar-refractivity contribution >= 4 is 10.9 Å². The van der Waals surface area contributed by atoms with Crippen LogP contribution in [0.3, 0.4) is 0 Å². The lowest BCUT2D eigenvalue weighted by atomic mass is 10.1. The quantitative estimate of drug-likeness (QED) is 0.568. The molecule has 0 bridgehead atoms. The summed E-state index contributed by atoms with van der Waals surface area (Å²) >= 11 is 0. The third kappa shape index (κ3) is 5.41. The summed E-state index contributed by atoms with van der Waals surface area (Å²) in [5, 5.41) is 0.817. The summed E-state index contributed by atoms with van der Waals surface area (Å²) in [5.74, 6) is 1.46. The van der Waals surface area contributed by atoms with E-state index in [1.54, 1.807) is 13.2 Å². The Balaban J connectivity index is 2.18. The summed E-state index contributed by atoms with van der Waals surface area (Å²) in [6, 6.07) is 5.53. The number of methoxy groups -OCH3 is 1. The van der Waals surface area contributed by atoms with Gasteiger partial charge in [0.05, 0.1) is 25.3 Å². The number of benzene rings is 1. The molecule has 0 saturated heterocycles. The van der Waals surface area contributed by atoms with Gasteiger partial charge in [-0.1, -0.05) is 39.0 Å². The molecule has 26 heavy (non-hydrogen) atoms. The van der Waals surface area contributed by atoms with Crippen molar-refractivity contribution in [2.75, 3.05) is 13.7 Å². The second kappa shape index (κ2) is 10.1. The van der Waals surface area contributed by atoms with Crippen LogP contribution in [-0.2, 0) is 0 Å². The number of aromatic nitrogens is 1. The zero-order valence-electron chi connectivity index (χ0n) is 16.4. The molecule has 0 amide bonds. The van der Waals surface area contributed by atoms with E-state index in [4.69, 9.17) is 14.2 Å². The van der Waals surface area contributed by atoms with E-state index in [1.807, 2.05) is 26.0 Å². The summed E-state index contributed by atoms with van der Waals surface area (Å²) in [6.07, 6.45) is 6.98. The summed E-state index contributed by atoms with van der Waals surface area (Å²) in [7, 11) is 1.60. The number of ether oxygens (including phenoxy) is 3. The average molecular weight is 361 g/mol. The zero-order chi connectivity index (χ0) is 18.9. The minimum Gasteiger partial charge on any atom is -0.497 e. The van der Waals surface area contributed by atoms with Crippen LogP contribution >= 0.6 is 0 Å². The molecule has 5 heteroatoms. The van der Waals surface area contributed by atoms with E-state index in [0.29, 0.717) is 23.6 Å². The van der Waals surface area contributed by atoms with E-state index in [2.05, 4.69) is 11.9 Å². The number of unbranched alkanes of at least 4 members (excludes halogenated alkanes) is 5. The maximum absolute atomic E-state index is 12.5. The molecule has 0 fully saturated rings. The summed E-state index contributed by atoms with van der Waals surface area (Å²) < 4.78 is 17.0. The first-order valence-electron chi connectivity index (χ1n) is 9.60. The van der Waals surface area contributed by atoms with Gasteiger partial charge in [0.15, 0.2) is 5.75 Å². The number of rotatable bonds is 11. The summed E-state index contributed by atoms with van der Waals surface area (Å²) in [4.78, 5) is 15.4. The Bertz CT molecular complexity index is 751. The second-order valence-electron chi connectivity index (χ2n) is 6.81. The Morgan fingerprint density at radius 3 is 2.46 bits per heavy atom. The van der Waals surface area contributed by atoms with Crippen molar-refractivity contribution < 1.29 is 14.2 Å². The first kappa shape index (κ1) is 20.1. The molecule has 0 atom stereocenters. The predicted molar refractivity (Wildman–Crippen MR) is 106 cm³/mol. The Labute approximate surface area is 155 Å². The van der Waals surface area contributed by atoms with Gasteiger partial charge in [-0.25, -0.2) is 0 Å². The second-order valence-corrected chi connectivity index (χ2v) is 6.81. The van der Waals surface area contributed by atoms with Crippen LogP contribution in [0.1, 0.15) is 59.3 Å². The van der Waals surface area contributed by atoms with E-state index >= 15 is 0 Å². The highest BCUT2D eigenvalue weighted by molar-refractivity contribution is 5.88. The van der Waals surface area contributed by atoms with Gasteiger partial charge in [-0.3, -0.25) is 4.79 Å². The standard InChI is InChI=1S/C21H31NO4/c1-5-6-7-8-9-10-13-25-20-19(26-15(2)3)17-12-11-16(24-4)14-18(17)22-21(20)23/h11-12,14-15H,5-10,13H2,1-4H3,(H,22,23). The lowest BCUT2D eigenvalue weighted by Gasteiger charge is -2.17. The highest BCUT2D eigenvalue weighted by atomic mass is 16.5. The molecule has 0 spiro atoms. The fourth-order valence-electron chi connectivity index (χ4n) is 2.90. The van der Waals surface area contributed by atoms with Crippen LogP contribution in [0.25, 0.3) is 10.9 Å². The molecule has 0 aliphatic carbocycles. The fourth-order valence-corrected chi connectivity index (χ4v) is 2.90. The van der Waals surface area contributed by atoms with Crippen LogP contribution in [0.15, 0.2) is 23.0 Å². The van der Waals surface area contributed by atoms with Crippen molar-refractivity contribution in [3.8, 4) is 17.2 Å². The molecule has 2 rings (SSSR count). The largest absolute Gasteiger partial charge is 0.497 e. The number of H-pyrrole nitrogens is 1. The number of fused-ring (bicyclic) bond motifs is 1. The highest BCUT2D eigenvalue weighted by Gasteiger charge is 2.17. The Hall–Kier alpha value is -2.17. The topological polar surface area (TPSA) is 60.6 Å². The predicted octanol–water partition coefficient (Wildman–Crippen LogP) is 5.06. The first-order valence-corrected chi connectivity index (χ1v) is 9.60. The van der Waals surface area contributed by atoms with Gasteiger partial charge in [0.25, 0.3) is 5.56 Å². The van der Waals surface area contributed by atoms with Gasteiger partial charge in [0.1, 0.15) is 5.75 Å². The fraction of sp³-hybridized carbons (Fsp3) is 0.571. The molecule has 1 aromatic carbocycles. The van der Waals surface area contributed by atoms with Crippen molar-refractivity contribution in [2.45, 2.75) is 65.4 Å². The molecule has 2 aromatic rings. The molecular formula is C21H31NO4. The molecule has 144 valence electrons. The Morgan fingerprint density at radius 2 is 1.77 bits per heavy atom. The van der Waals surface area contributed by atoms with Gasteiger partial charge < -0.3 is 19.2 Å². The van der Waals surface area contributed by atoms with Gasteiger partial charge >= 0.3 is 0 Å². The van der Waals surface area contributed by atoms with E-state index < -0.39 is 0 Å². The van der Waals surface area contributed by atoms with Crippen LogP contribution < -0.4 is 19.8 Å². The van der Waals surface area contributed by atoms with Crippen LogP contribution in [-0.4, -0.2) is 24.8 Å². The van der Waals surface area contributed by atoms with Crippen molar-refractivity contribution in [2.24, 2.45) is 0 Å². The molecule has 1 aromatic heterocycles. The van der Waals surface area contributed by atoms with Gasteiger partial charge in [-0.15, -0.1) is 0 Å². The molecule has 0 saturated carbocycles. The summed E-state index contributed by atoms with van der Waals surface area (Å²) in [6.45, 7) is 6.61. The van der Waals surface area contributed by atoms with E-state index in [0.717, 1.165) is 18.2 Å². The van der Waals surface area contributed by atoms with Gasteiger partial charge in [-0.2, -0.15) is 0 Å². The molecule has 5 nitrogen and oxygen atoms in total. The SMILES string of the molecule is CCCCCCCCOc1c(OC(C)C)c2ccc(OC)cc2[nH]c1=O. The van der Waals surface area contributed by atoms with Crippen LogP contribution in [0.4, 0.5) is 0 Å². The minimum atomic E-state index is -0.271. The van der Waals surface area contributed by atoms with Crippen molar-refractivity contribution in [3.63, 3.8) is 0 Å². The molecule has 0 aliphatic heterocycles. The Morgan fingerprint density at radius 1 is 1.04 bits per heavy atom.